The van der Waals surface area contributed by atoms with Gasteiger partial charge in [0.1, 0.15) is 0 Å². The first-order chi connectivity index (χ1) is 11.0. The van der Waals surface area contributed by atoms with E-state index in [9.17, 15) is 0 Å². The molecular weight excluding hydrogens is 353 g/mol. The number of benzene rings is 2. The molecule has 2 aromatic rings. The molecule has 0 radical (unpaired) electrons. The fraction of sp³-hybridized carbons (Fsp3) is 0.235. The SMILES string of the molecule is C[C@@H]1C(CN)=NN(c2ccc(Cl)cc2Cl)C1c1ccc(Cl)cc1. The zero-order valence-electron chi connectivity index (χ0n) is 12.5. The summed E-state index contributed by atoms with van der Waals surface area (Å²) in [4.78, 5) is 0. The van der Waals surface area contributed by atoms with E-state index in [1.165, 1.54) is 0 Å². The van der Waals surface area contributed by atoms with Gasteiger partial charge in [-0.15, -0.1) is 0 Å². The summed E-state index contributed by atoms with van der Waals surface area (Å²) in [5, 5.41) is 8.48. The molecule has 1 aliphatic rings. The summed E-state index contributed by atoms with van der Waals surface area (Å²) in [5.41, 5.74) is 8.72. The Bertz CT molecular complexity index is 743. The number of hydrogen-bond acceptors (Lipinski definition) is 3. The highest BCUT2D eigenvalue weighted by atomic mass is 35.5. The Morgan fingerprint density at radius 2 is 1.70 bits per heavy atom. The molecule has 0 saturated carbocycles. The molecule has 120 valence electrons. The average molecular weight is 369 g/mol. The maximum Gasteiger partial charge on any atom is 0.0854 e. The fourth-order valence-electron chi connectivity index (χ4n) is 2.87. The zero-order valence-corrected chi connectivity index (χ0v) is 14.8. The summed E-state index contributed by atoms with van der Waals surface area (Å²) >= 11 is 18.4. The van der Waals surface area contributed by atoms with Crippen LogP contribution in [-0.4, -0.2) is 12.3 Å². The van der Waals surface area contributed by atoms with Crippen LogP contribution >= 0.6 is 34.8 Å². The Kier molecular flexibility index (Phi) is 4.83. The fourth-order valence-corrected chi connectivity index (χ4v) is 3.49. The third-order valence-corrected chi connectivity index (χ3v) is 4.87. The Hall–Kier alpha value is -1.26. The Labute approximate surface area is 150 Å². The Morgan fingerprint density at radius 1 is 1.04 bits per heavy atom. The zero-order chi connectivity index (χ0) is 16.6. The quantitative estimate of drug-likeness (QED) is 0.813. The van der Waals surface area contributed by atoms with Crippen LogP contribution in [0.15, 0.2) is 47.6 Å². The maximum absolute atomic E-state index is 6.38. The standard InChI is InChI=1S/C17H16Cl3N3/c1-10-15(9-21)22-23(16-7-6-13(19)8-14(16)20)17(10)11-2-4-12(18)5-3-11/h2-8,10,17H,9,21H2,1H3/t10-,17?/m1/s1. The summed E-state index contributed by atoms with van der Waals surface area (Å²) in [6.45, 7) is 2.53. The molecule has 1 aliphatic heterocycles. The van der Waals surface area contributed by atoms with Gasteiger partial charge in [0, 0.05) is 22.5 Å². The van der Waals surface area contributed by atoms with Gasteiger partial charge in [-0.25, -0.2) is 0 Å². The number of rotatable bonds is 3. The predicted molar refractivity (Wildman–Crippen MR) is 98.8 cm³/mol. The summed E-state index contributed by atoms with van der Waals surface area (Å²) in [6.07, 6.45) is 0. The minimum Gasteiger partial charge on any atom is -0.325 e. The molecule has 2 aromatic carbocycles. The normalized spacial score (nSPS) is 20.7. The van der Waals surface area contributed by atoms with Gasteiger partial charge in [-0.2, -0.15) is 5.10 Å². The molecule has 1 unspecified atom stereocenters. The lowest BCUT2D eigenvalue weighted by Crippen LogP contribution is -2.25. The molecule has 0 aliphatic carbocycles. The molecule has 23 heavy (non-hydrogen) atoms. The lowest BCUT2D eigenvalue weighted by molar-refractivity contribution is 0.586. The summed E-state index contributed by atoms with van der Waals surface area (Å²) in [5.74, 6) is 0.174. The molecule has 0 aromatic heterocycles. The summed E-state index contributed by atoms with van der Waals surface area (Å²) in [7, 11) is 0. The van der Waals surface area contributed by atoms with Crippen LogP contribution in [0.2, 0.25) is 15.1 Å². The number of hydrazone groups is 1. The average Bonchev–Trinajstić information content (AvgIpc) is 2.85. The maximum atomic E-state index is 6.38. The van der Waals surface area contributed by atoms with Gasteiger partial charge >= 0.3 is 0 Å². The van der Waals surface area contributed by atoms with Gasteiger partial charge in [0.05, 0.1) is 22.5 Å². The van der Waals surface area contributed by atoms with Gasteiger partial charge in [-0.1, -0.05) is 53.9 Å². The van der Waals surface area contributed by atoms with Crippen molar-refractivity contribution in [2.24, 2.45) is 16.8 Å². The van der Waals surface area contributed by atoms with Crippen molar-refractivity contribution in [3.05, 3.63) is 63.1 Å². The largest absolute Gasteiger partial charge is 0.325 e. The second-order valence-corrected chi connectivity index (χ2v) is 6.80. The van der Waals surface area contributed by atoms with Crippen molar-refractivity contribution in [1.82, 2.24) is 0 Å². The van der Waals surface area contributed by atoms with Gasteiger partial charge in [-0.3, -0.25) is 5.01 Å². The van der Waals surface area contributed by atoms with Crippen LogP contribution < -0.4 is 10.7 Å². The van der Waals surface area contributed by atoms with E-state index >= 15 is 0 Å². The third-order valence-electron chi connectivity index (χ3n) is 4.08. The number of anilines is 1. The van der Waals surface area contributed by atoms with E-state index in [-0.39, 0.29) is 12.0 Å². The molecule has 0 amide bonds. The molecule has 3 rings (SSSR count). The van der Waals surface area contributed by atoms with Crippen LogP contribution in [0.25, 0.3) is 0 Å². The van der Waals surface area contributed by atoms with E-state index in [4.69, 9.17) is 45.6 Å². The Balaban J connectivity index is 2.07. The highest BCUT2D eigenvalue weighted by molar-refractivity contribution is 6.36. The van der Waals surface area contributed by atoms with Crippen molar-refractivity contribution in [2.45, 2.75) is 13.0 Å². The van der Waals surface area contributed by atoms with Crippen molar-refractivity contribution in [1.29, 1.82) is 0 Å². The minimum atomic E-state index is 0.0180. The molecule has 1 heterocycles. The van der Waals surface area contributed by atoms with Crippen LogP contribution in [0.4, 0.5) is 5.69 Å². The topological polar surface area (TPSA) is 41.6 Å². The van der Waals surface area contributed by atoms with Crippen LogP contribution in [0.1, 0.15) is 18.5 Å². The summed E-state index contributed by atoms with van der Waals surface area (Å²) in [6, 6.07) is 13.2. The molecular formula is C17H16Cl3N3. The first-order valence-electron chi connectivity index (χ1n) is 7.28. The number of halogens is 3. The van der Waals surface area contributed by atoms with Crippen molar-refractivity contribution in [2.75, 3.05) is 11.6 Å². The van der Waals surface area contributed by atoms with E-state index in [1.54, 1.807) is 6.07 Å². The van der Waals surface area contributed by atoms with Crippen LogP contribution in [0.5, 0.6) is 0 Å². The molecule has 0 spiro atoms. The van der Waals surface area contributed by atoms with Crippen LogP contribution in [0.3, 0.4) is 0 Å². The van der Waals surface area contributed by atoms with Crippen molar-refractivity contribution >= 4 is 46.2 Å². The molecule has 6 heteroatoms. The molecule has 2 atom stereocenters. The highest BCUT2D eigenvalue weighted by Crippen LogP contribution is 2.42. The smallest absolute Gasteiger partial charge is 0.0854 e. The molecule has 0 saturated heterocycles. The van der Waals surface area contributed by atoms with Crippen molar-refractivity contribution < 1.29 is 0 Å². The first kappa shape index (κ1) is 16.6. The summed E-state index contributed by atoms with van der Waals surface area (Å²) < 4.78 is 0. The lowest BCUT2D eigenvalue weighted by atomic mass is 9.91. The molecule has 2 N–H and O–H groups in total. The number of nitrogens with two attached hydrogens (primary N) is 1. The van der Waals surface area contributed by atoms with E-state index in [2.05, 4.69) is 6.92 Å². The number of hydrogen-bond donors (Lipinski definition) is 1. The third kappa shape index (κ3) is 3.20. The molecule has 3 nitrogen and oxygen atoms in total. The number of nitrogens with zero attached hydrogens (tertiary/aromatic N) is 2. The van der Waals surface area contributed by atoms with Gasteiger partial charge in [0.2, 0.25) is 0 Å². The van der Waals surface area contributed by atoms with Gasteiger partial charge in [-0.05, 0) is 35.9 Å². The van der Waals surface area contributed by atoms with Gasteiger partial charge in [0.15, 0.2) is 0 Å². The van der Waals surface area contributed by atoms with E-state index in [0.29, 0.717) is 21.6 Å². The van der Waals surface area contributed by atoms with Gasteiger partial charge in [0.25, 0.3) is 0 Å². The predicted octanol–water partition coefficient (Wildman–Crippen LogP) is 5.16. The highest BCUT2D eigenvalue weighted by Gasteiger charge is 2.36. The van der Waals surface area contributed by atoms with Crippen LogP contribution in [-0.2, 0) is 0 Å². The van der Waals surface area contributed by atoms with Crippen LogP contribution in [0, 0.1) is 5.92 Å². The van der Waals surface area contributed by atoms with E-state index < -0.39 is 0 Å². The second-order valence-electron chi connectivity index (χ2n) is 5.52. The van der Waals surface area contributed by atoms with Gasteiger partial charge < -0.3 is 5.73 Å². The first-order valence-corrected chi connectivity index (χ1v) is 8.42. The second kappa shape index (κ2) is 6.70. The Morgan fingerprint density at radius 3 is 2.30 bits per heavy atom. The van der Waals surface area contributed by atoms with Crippen molar-refractivity contribution in [3.63, 3.8) is 0 Å². The van der Waals surface area contributed by atoms with Crippen molar-refractivity contribution in [3.8, 4) is 0 Å². The molecule has 0 fully saturated rings. The monoisotopic (exact) mass is 367 g/mol. The molecule has 0 bridgehead atoms. The lowest BCUT2D eigenvalue weighted by Gasteiger charge is -2.27. The minimum absolute atomic E-state index is 0.0180. The van der Waals surface area contributed by atoms with E-state index in [0.717, 1.165) is 17.0 Å². The van der Waals surface area contributed by atoms with E-state index in [1.807, 2.05) is 41.4 Å².